The van der Waals surface area contributed by atoms with Crippen LogP contribution in [0.25, 0.3) is 0 Å². The average Bonchev–Trinajstić information content (AvgIpc) is 2.43. The Morgan fingerprint density at radius 1 is 1.42 bits per heavy atom. The highest BCUT2D eigenvalue weighted by Crippen LogP contribution is 2.31. The van der Waals surface area contributed by atoms with Gasteiger partial charge in [0.05, 0.1) is 6.61 Å². The summed E-state index contributed by atoms with van der Waals surface area (Å²) < 4.78 is 5.46. The first-order valence-electron chi connectivity index (χ1n) is 7.65. The van der Waals surface area contributed by atoms with Crippen molar-refractivity contribution in [1.82, 2.24) is 10.6 Å². The number of piperidine rings is 1. The number of carbonyl (C=O) groups is 1. The number of hydrogen-bond acceptors (Lipinski definition) is 3. The van der Waals surface area contributed by atoms with Crippen molar-refractivity contribution in [1.29, 1.82) is 0 Å². The van der Waals surface area contributed by atoms with Gasteiger partial charge in [0.25, 0.3) is 0 Å². The van der Waals surface area contributed by atoms with Crippen LogP contribution in [-0.4, -0.2) is 38.8 Å². The molecule has 1 atom stereocenters. The van der Waals surface area contributed by atoms with Gasteiger partial charge in [-0.2, -0.15) is 0 Å². The molecule has 1 heterocycles. The summed E-state index contributed by atoms with van der Waals surface area (Å²) in [5, 5.41) is 6.39. The Morgan fingerprint density at radius 2 is 2.21 bits per heavy atom. The van der Waals surface area contributed by atoms with Crippen molar-refractivity contribution >= 4 is 5.91 Å². The maximum Gasteiger partial charge on any atom is 0.226 e. The Bertz CT molecular complexity index is 261. The van der Waals surface area contributed by atoms with Gasteiger partial charge in [0.15, 0.2) is 0 Å². The number of unbranched alkanes of at least 4 members (excludes halogenated alkanes) is 1. The molecule has 1 rings (SSSR count). The average molecular weight is 270 g/mol. The standard InChI is InChI=1S/C15H30N2O2/c1-4-5-10-19-11-9-17-14(18)15(2,3)13-7-6-8-16-12-13/h13,16H,4-12H2,1-3H3,(H,17,18). The third-order valence-corrected chi connectivity index (χ3v) is 4.08. The molecule has 2 N–H and O–H groups in total. The van der Waals surface area contributed by atoms with Gasteiger partial charge in [0, 0.05) is 18.6 Å². The maximum atomic E-state index is 12.3. The van der Waals surface area contributed by atoms with Crippen molar-refractivity contribution in [3.05, 3.63) is 0 Å². The molecule has 1 aliphatic heterocycles. The van der Waals surface area contributed by atoms with Crippen LogP contribution in [0.3, 0.4) is 0 Å². The van der Waals surface area contributed by atoms with Gasteiger partial charge in [-0.15, -0.1) is 0 Å². The summed E-state index contributed by atoms with van der Waals surface area (Å²) in [6, 6.07) is 0. The van der Waals surface area contributed by atoms with Crippen LogP contribution in [0.15, 0.2) is 0 Å². The first kappa shape index (κ1) is 16.4. The van der Waals surface area contributed by atoms with E-state index in [9.17, 15) is 4.79 Å². The summed E-state index contributed by atoms with van der Waals surface area (Å²) in [5.41, 5.74) is -0.295. The van der Waals surface area contributed by atoms with Crippen LogP contribution in [-0.2, 0) is 9.53 Å². The van der Waals surface area contributed by atoms with Gasteiger partial charge in [0.2, 0.25) is 5.91 Å². The SMILES string of the molecule is CCCCOCCNC(=O)C(C)(C)C1CCCNC1. The minimum Gasteiger partial charge on any atom is -0.380 e. The van der Waals surface area contributed by atoms with Crippen molar-refractivity contribution in [2.45, 2.75) is 46.5 Å². The minimum absolute atomic E-state index is 0.153. The lowest BCUT2D eigenvalue weighted by Crippen LogP contribution is -2.47. The third kappa shape index (κ3) is 5.49. The van der Waals surface area contributed by atoms with E-state index in [4.69, 9.17) is 4.74 Å². The van der Waals surface area contributed by atoms with Gasteiger partial charge < -0.3 is 15.4 Å². The summed E-state index contributed by atoms with van der Waals surface area (Å²) >= 11 is 0. The highest BCUT2D eigenvalue weighted by molar-refractivity contribution is 5.82. The van der Waals surface area contributed by atoms with E-state index in [-0.39, 0.29) is 11.3 Å². The zero-order valence-electron chi connectivity index (χ0n) is 12.8. The van der Waals surface area contributed by atoms with E-state index >= 15 is 0 Å². The van der Waals surface area contributed by atoms with Gasteiger partial charge in [-0.25, -0.2) is 0 Å². The number of carbonyl (C=O) groups excluding carboxylic acids is 1. The highest BCUT2D eigenvalue weighted by atomic mass is 16.5. The molecule has 1 unspecified atom stereocenters. The van der Waals surface area contributed by atoms with Crippen molar-refractivity contribution in [3.63, 3.8) is 0 Å². The maximum absolute atomic E-state index is 12.3. The molecular formula is C15H30N2O2. The van der Waals surface area contributed by atoms with E-state index in [1.54, 1.807) is 0 Å². The van der Waals surface area contributed by atoms with Crippen molar-refractivity contribution in [3.8, 4) is 0 Å². The van der Waals surface area contributed by atoms with Crippen LogP contribution in [0, 0.1) is 11.3 Å². The van der Waals surface area contributed by atoms with E-state index in [1.165, 1.54) is 6.42 Å². The second kappa shape index (κ2) is 8.54. The van der Waals surface area contributed by atoms with Crippen LogP contribution in [0.1, 0.15) is 46.5 Å². The number of hydrogen-bond donors (Lipinski definition) is 2. The molecule has 0 aliphatic carbocycles. The number of rotatable bonds is 8. The Kier molecular flexibility index (Phi) is 7.39. The van der Waals surface area contributed by atoms with Gasteiger partial charge >= 0.3 is 0 Å². The quantitative estimate of drug-likeness (QED) is 0.663. The van der Waals surface area contributed by atoms with Gasteiger partial charge in [-0.1, -0.05) is 27.2 Å². The first-order chi connectivity index (χ1) is 9.09. The second-order valence-corrected chi connectivity index (χ2v) is 5.99. The topological polar surface area (TPSA) is 50.4 Å². The molecule has 1 amide bonds. The molecule has 0 aromatic heterocycles. The summed E-state index contributed by atoms with van der Waals surface area (Å²) in [6.45, 7) is 10.3. The van der Waals surface area contributed by atoms with E-state index in [0.29, 0.717) is 19.1 Å². The lowest BCUT2D eigenvalue weighted by Gasteiger charge is -2.36. The summed E-state index contributed by atoms with van der Waals surface area (Å²) in [4.78, 5) is 12.3. The molecule has 0 aromatic carbocycles. The Hall–Kier alpha value is -0.610. The largest absolute Gasteiger partial charge is 0.380 e. The van der Waals surface area contributed by atoms with E-state index in [0.717, 1.165) is 39.0 Å². The summed E-state index contributed by atoms with van der Waals surface area (Å²) in [7, 11) is 0. The molecule has 4 nitrogen and oxygen atoms in total. The first-order valence-corrected chi connectivity index (χ1v) is 7.65. The molecule has 4 heteroatoms. The monoisotopic (exact) mass is 270 g/mol. The van der Waals surface area contributed by atoms with Crippen LogP contribution in [0.4, 0.5) is 0 Å². The molecule has 1 aliphatic rings. The van der Waals surface area contributed by atoms with Crippen LogP contribution in [0.5, 0.6) is 0 Å². The van der Waals surface area contributed by atoms with Crippen molar-refractivity contribution in [2.24, 2.45) is 11.3 Å². The molecule has 0 radical (unpaired) electrons. The van der Waals surface area contributed by atoms with E-state index in [1.807, 2.05) is 0 Å². The number of amides is 1. The van der Waals surface area contributed by atoms with Crippen molar-refractivity contribution < 1.29 is 9.53 Å². The van der Waals surface area contributed by atoms with Gasteiger partial charge in [-0.05, 0) is 38.3 Å². The van der Waals surface area contributed by atoms with Gasteiger partial charge in [-0.3, -0.25) is 4.79 Å². The fraction of sp³-hybridized carbons (Fsp3) is 0.933. The molecule has 112 valence electrons. The zero-order chi connectivity index (χ0) is 14.1. The van der Waals surface area contributed by atoms with E-state index in [2.05, 4.69) is 31.4 Å². The summed E-state index contributed by atoms with van der Waals surface area (Å²) in [5.74, 6) is 0.586. The molecule has 0 aromatic rings. The minimum atomic E-state index is -0.295. The fourth-order valence-corrected chi connectivity index (χ4v) is 2.47. The lowest BCUT2D eigenvalue weighted by molar-refractivity contribution is -0.132. The predicted molar refractivity (Wildman–Crippen MR) is 78.1 cm³/mol. The van der Waals surface area contributed by atoms with Crippen LogP contribution < -0.4 is 10.6 Å². The predicted octanol–water partition coefficient (Wildman–Crippen LogP) is 1.95. The van der Waals surface area contributed by atoms with E-state index < -0.39 is 0 Å². The lowest BCUT2D eigenvalue weighted by atomic mass is 9.74. The molecule has 19 heavy (non-hydrogen) atoms. The summed E-state index contributed by atoms with van der Waals surface area (Å²) in [6.07, 6.45) is 4.54. The Morgan fingerprint density at radius 3 is 2.84 bits per heavy atom. The normalized spacial score (nSPS) is 20.3. The second-order valence-electron chi connectivity index (χ2n) is 5.99. The van der Waals surface area contributed by atoms with Crippen LogP contribution in [0.2, 0.25) is 0 Å². The Labute approximate surface area is 117 Å². The molecular weight excluding hydrogens is 240 g/mol. The molecule has 0 spiro atoms. The molecule has 1 fully saturated rings. The number of ether oxygens (including phenoxy) is 1. The molecule has 1 saturated heterocycles. The van der Waals surface area contributed by atoms with Crippen LogP contribution >= 0.6 is 0 Å². The van der Waals surface area contributed by atoms with Crippen molar-refractivity contribution in [2.75, 3.05) is 32.8 Å². The molecule has 0 saturated carbocycles. The smallest absolute Gasteiger partial charge is 0.226 e. The highest BCUT2D eigenvalue weighted by Gasteiger charge is 2.36. The Balaban J connectivity index is 2.22. The van der Waals surface area contributed by atoms with Gasteiger partial charge in [0.1, 0.15) is 0 Å². The zero-order valence-corrected chi connectivity index (χ0v) is 12.8. The third-order valence-electron chi connectivity index (χ3n) is 4.08. The number of nitrogens with one attached hydrogen (secondary N) is 2. The fourth-order valence-electron chi connectivity index (χ4n) is 2.47. The molecule has 0 bridgehead atoms.